The van der Waals surface area contributed by atoms with Gasteiger partial charge >= 0.3 is 0 Å². The minimum absolute atomic E-state index is 0.213. The molecule has 1 aromatic rings. The lowest BCUT2D eigenvalue weighted by Crippen LogP contribution is -2.48. The summed E-state index contributed by atoms with van der Waals surface area (Å²) in [6.45, 7) is 1.80. The number of anilines is 1. The van der Waals surface area contributed by atoms with Gasteiger partial charge < -0.3 is 11.1 Å². The minimum atomic E-state index is -0.405. The molecule has 2 rings (SSSR count). The molecule has 1 aliphatic rings. The van der Waals surface area contributed by atoms with Crippen LogP contribution in [0.5, 0.6) is 0 Å². The third-order valence-electron chi connectivity index (χ3n) is 3.26. The van der Waals surface area contributed by atoms with E-state index >= 15 is 0 Å². The van der Waals surface area contributed by atoms with E-state index in [0.29, 0.717) is 0 Å². The normalized spacial score (nSPS) is 17.4. The number of benzene rings is 1. The molecule has 17 heavy (non-hydrogen) atoms. The van der Waals surface area contributed by atoms with E-state index in [1.54, 1.807) is 19.1 Å². The molecule has 1 fully saturated rings. The van der Waals surface area contributed by atoms with Gasteiger partial charge in [0.25, 0.3) is 0 Å². The summed E-state index contributed by atoms with van der Waals surface area (Å²) in [6.07, 6.45) is 3.08. The van der Waals surface area contributed by atoms with Crippen molar-refractivity contribution in [3.8, 4) is 0 Å². The van der Waals surface area contributed by atoms with Crippen molar-refractivity contribution in [1.29, 1.82) is 0 Å². The molecule has 92 valence electrons. The quantitative estimate of drug-likeness (QED) is 0.846. The molecule has 4 heteroatoms. The molecule has 0 saturated heterocycles. The largest absolute Gasteiger partial charge is 0.325 e. The molecule has 0 spiro atoms. The number of hydrogen-bond acceptors (Lipinski definition) is 2. The number of aryl methyl sites for hydroxylation is 1. The zero-order valence-corrected chi connectivity index (χ0v) is 9.92. The van der Waals surface area contributed by atoms with Crippen LogP contribution in [0.25, 0.3) is 0 Å². The molecule has 3 nitrogen and oxygen atoms in total. The zero-order chi connectivity index (χ0) is 12.5. The van der Waals surface area contributed by atoms with Crippen molar-refractivity contribution in [2.45, 2.75) is 38.1 Å². The molecule has 1 aliphatic carbocycles. The van der Waals surface area contributed by atoms with Gasteiger partial charge in [-0.1, -0.05) is 6.07 Å². The molecule has 0 heterocycles. The molecular formula is C13H17FN2O. The van der Waals surface area contributed by atoms with E-state index in [-0.39, 0.29) is 23.6 Å². The average molecular weight is 236 g/mol. The lowest BCUT2D eigenvalue weighted by molar-refractivity contribution is -0.118. The Kier molecular flexibility index (Phi) is 3.15. The van der Waals surface area contributed by atoms with Gasteiger partial charge in [0.2, 0.25) is 5.91 Å². The second-order valence-electron chi connectivity index (χ2n) is 4.92. The van der Waals surface area contributed by atoms with Crippen molar-refractivity contribution in [1.82, 2.24) is 0 Å². The van der Waals surface area contributed by atoms with Crippen LogP contribution in [0.1, 0.15) is 31.2 Å². The van der Waals surface area contributed by atoms with E-state index in [4.69, 9.17) is 5.73 Å². The maximum Gasteiger partial charge on any atom is 0.226 e. The third-order valence-corrected chi connectivity index (χ3v) is 3.26. The number of halogens is 1. The van der Waals surface area contributed by atoms with Crippen LogP contribution in [-0.2, 0) is 4.79 Å². The number of nitrogens with one attached hydrogen (secondary N) is 1. The Balaban J connectivity index is 1.98. The van der Waals surface area contributed by atoms with Crippen LogP contribution in [0.3, 0.4) is 0 Å². The summed E-state index contributed by atoms with van der Waals surface area (Å²) in [5.41, 5.74) is 6.65. The summed E-state index contributed by atoms with van der Waals surface area (Å²) in [4.78, 5) is 11.7. The van der Waals surface area contributed by atoms with Gasteiger partial charge in [-0.05, 0) is 43.9 Å². The molecule has 0 unspecified atom stereocenters. The first-order chi connectivity index (χ1) is 7.98. The van der Waals surface area contributed by atoms with Crippen molar-refractivity contribution < 1.29 is 9.18 Å². The fourth-order valence-electron chi connectivity index (χ4n) is 2.04. The van der Waals surface area contributed by atoms with Gasteiger partial charge in [0, 0.05) is 12.0 Å². The van der Waals surface area contributed by atoms with E-state index < -0.39 is 5.82 Å². The summed E-state index contributed by atoms with van der Waals surface area (Å²) >= 11 is 0. The Morgan fingerprint density at radius 3 is 2.76 bits per heavy atom. The molecule has 3 N–H and O–H groups in total. The Labute approximate surface area is 100 Å². The van der Waals surface area contributed by atoms with Crippen molar-refractivity contribution >= 4 is 11.6 Å². The van der Waals surface area contributed by atoms with Crippen molar-refractivity contribution in [2.24, 2.45) is 5.73 Å². The average Bonchev–Trinajstić information content (AvgIpc) is 2.20. The molecule has 1 amide bonds. The Morgan fingerprint density at radius 1 is 1.53 bits per heavy atom. The van der Waals surface area contributed by atoms with E-state index in [2.05, 4.69) is 5.32 Å². The molecule has 1 aromatic carbocycles. The number of hydrogen-bond donors (Lipinski definition) is 2. The summed E-state index contributed by atoms with van der Waals surface area (Å²) in [7, 11) is 0. The summed E-state index contributed by atoms with van der Waals surface area (Å²) in [5, 5.41) is 2.57. The Hall–Kier alpha value is -1.42. The van der Waals surface area contributed by atoms with Crippen molar-refractivity contribution in [2.75, 3.05) is 5.32 Å². The van der Waals surface area contributed by atoms with Crippen LogP contribution in [0, 0.1) is 12.7 Å². The van der Waals surface area contributed by atoms with Crippen LogP contribution in [0.4, 0.5) is 10.1 Å². The molecule has 0 atom stereocenters. The first kappa shape index (κ1) is 12.0. The molecule has 0 radical (unpaired) electrons. The lowest BCUT2D eigenvalue weighted by Gasteiger charge is -2.37. The molecule has 0 aliphatic heterocycles. The van der Waals surface area contributed by atoms with Gasteiger partial charge in [0.15, 0.2) is 0 Å². The fraction of sp³-hybridized carbons (Fsp3) is 0.462. The monoisotopic (exact) mass is 236 g/mol. The summed E-state index contributed by atoms with van der Waals surface area (Å²) in [5.74, 6) is -0.618. The lowest BCUT2D eigenvalue weighted by atomic mass is 9.75. The smallest absolute Gasteiger partial charge is 0.226 e. The maximum absolute atomic E-state index is 13.5. The van der Waals surface area contributed by atoms with Gasteiger partial charge in [-0.15, -0.1) is 0 Å². The Morgan fingerprint density at radius 2 is 2.24 bits per heavy atom. The van der Waals surface area contributed by atoms with Crippen LogP contribution < -0.4 is 11.1 Å². The van der Waals surface area contributed by atoms with Gasteiger partial charge in [0.1, 0.15) is 5.82 Å². The topological polar surface area (TPSA) is 55.1 Å². The van der Waals surface area contributed by atoms with Crippen LogP contribution in [-0.4, -0.2) is 11.4 Å². The number of amides is 1. The van der Waals surface area contributed by atoms with E-state index in [9.17, 15) is 9.18 Å². The highest BCUT2D eigenvalue weighted by Gasteiger charge is 2.34. The van der Waals surface area contributed by atoms with Gasteiger partial charge in [-0.2, -0.15) is 0 Å². The third kappa shape index (κ3) is 2.82. The molecule has 0 aromatic heterocycles. The Bertz CT molecular complexity index is 441. The predicted octanol–water partition coefficient (Wildman–Crippen LogP) is 2.34. The second kappa shape index (κ2) is 4.45. The van der Waals surface area contributed by atoms with Gasteiger partial charge in [-0.25, -0.2) is 4.39 Å². The van der Waals surface area contributed by atoms with Crippen LogP contribution >= 0.6 is 0 Å². The highest BCUT2D eigenvalue weighted by Crippen LogP contribution is 2.32. The maximum atomic E-state index is 13.5. The highest BCUT2D eigenvalue weighted by atomic mass is 19.1. The molecule has 1 saturated carbocycles. The first-order valence-electron chi connectivity index (χ1n) is 5.83. The van der Waals surface area contributed by atoms with Gasteiger partial charge in [-0.3, -0.25) is 4.79 Å². The molecule has 0 bridgehead atoms. The predicted molar refractivity (Wildman–Crippen MR) is 65.2 cm³/mol. The number of nitrogens with two attached hydrogens (primary N) is 1. The minimum Gasteiger partial charge on any atom is -0.325 e. The van der Waals surface area contributed by atoms with Gasteiger partial charge in [0.05, 0.1) is 5.69 Å². The van der Waals surface area contributed by atoms with Crippen LogP contribution in [0.15, 0.2) is 18.2 Å². The standard InChI is InChI=1S/C13H17FN2O/c1-9-3-4-11(10(14)7-9)16-12(17)8-13(15)5-2-6-13/h3-4,7H,2,5-6,8,15H2,1H3,(H,16,17). The van der Waals surface area contributed by atoms with Crippen LogP contribution in [0.2, 0.25) is 0 Å². The number of carbonyl (C=O) groups is 1. The van der Waals surface area contributed by atoms with E-state index in [1.165, 1.54) is 6.07 Å². The summed E-state index contributed by atoms with van der Waals surface area (Å²) in [6, 6.07) is 4.74. The fourth-order valence-corrected chi connectivity index (χ4v) is 2.04. The SMILES string of the molecule is Cc1ccc(NC(=O)CC2(N)CCC2)c(F)c1. The summed E-state index contributed by atoms with van der Waals surface area (Å²) < 4.78 is 13.5. The zero-order valence-electron chi connectivity index (χ0n) is 9.92. The second-order valence-corrected chi connectivity index (χ2v) is 4.92. The van der Waals surface area contributed by atoms with E-state index in [0.717, 1.165) is 24.8 Å². The first-order valence-corrected chi connectivity index (χ1v) is 5.83. The van der Waals surface area contributed by atoms with Crippen molar-refractivity contribution in [3.63, 3.8) is 0 Å². The van der Waals surface area contributed by atoms with Crippen molar-refractivity contribution in [3.05, 3.63) is 29.6 Å². The number of rotatable bonds is 3. The number of carbonyl (C=O) groups excluding carboxylic acids is 1. The molecular weight excluding hydrogens is 219 g/mol. The van der Waals surface area contributed by atoms with E-state index in [1.807, 2.05) is 0 Å². The highest BCUT2D eigenvalue weighted by molar-refractivity contribution is 5.91.